The van der Waals surface area contributed by atoms with Crippen molar-refractivity contribution in [1.82, 2.24) is 0 Å². The molecule has 18 heavy (non-hydrogen) atoms. The van der Waals surface area contributed by atoms with Gasteiger partial charge in [0.15, 0.2) is 0 Å². The van der Waals surface area contributed by atoms with Crippen molar-refractivity contribution in [2.24, 2.45) is 0 Å². The molecule has 0 aliphatic rings. The summed E-state index contributed by atoms with van der Waals surface area (Å²) in [7, 11) is 0. The SMILES string of the molecule is CCOC(=O)C#Cc1cc(C(=O)O)c(N)cc1F. The van der Waals surface area contributed by atoms with Gasteiger partial charge in [0.25, 0.3) is 0 Å². The Kier molecular flexibility index (Phi) is 4.27. The molecule has 0 fully saturated rings. The summed E-state index contributed by atoms with van der Waals surface area (Å²) in [5.74, 6) is 1.33. The van der Waals surface area contributed by atoms with Crippen molar-refractivity contribution >= 4 is 17.6 Å². The summed E-state index contributed by atoms with van der Waals surface area (Å²) in [5.41, 5.74) is 4.63. The third-order valence-corrected chi connectivity index (χ3v) is 1.94. The minimum absolute atomic E-state index is 0.151. The molecule has 1 aromatic carbocycles. The fourth-order valence-corrected chi connectivity index (χ4v) is 1.16. The summed E-state index contributed by atoms with van der Waals surface area (Å²) in [4.78, 5) is 21.7. The molecule has 0 amide bonds. The molecule has 94 valence electrons. The second-order valence-electron chi connectivity index (χ2n) is 3.19. The highest BCUT2D eigenvalue weighted by atomic mass is 19.1. The first kappa shape index (κ1) is 13.5. The summed E-state index contributed by atoms with van der Waals surface area (Å²) >= 11 is 0. The van der Waals surface area contributed by atoms with Crippen LogP contribution in [0.1, 0.15) is 22.8 Å². The zero-order valence-electron chi connectivity index (χ0n) is 9.49. The van der Waals surface area contributed by atoms with E-state index in [0.29, 0.717) is 0 Å². The van der Waals surface area contributed by atoms with Crippen LogP contribution in [0.2, 0.25) is 0 Å². The lowest BCUT2D eigenvalue weighted by Crippen LogP contribution is -2.04. The minimum Gasteiger partial charge on any atom is -0.478 e. The van der Waals surface area contributed by atoms with E-state index in [0.717, 1.165) is 12.1 Å². The average molecular weight is 251 g/mol. The highest BCUT2D eigenvalue weighted by Gasteiger charge is 2.12. The Morgan fingerprint density at radius 1 is 1.50 bits per heavy atom. The monoisotopic (exact) mass is 251 g/mol. The van der Waals surface area contributed by atoms with E-state index in [1.165, 1.54) is 0 Å². The van der Waals surface area contributed by atoms with Crippen LogP contribution in [-0.4, -0.2) is 23.7 Å². The van der Waals surface area contributed by atoms with E-state index in [9.17, 15) is 14.0 Å². The van der Waals surface area contributed by atoms with Gasteiger partial charge in [-0.3, -0.25) is 0 Å². The lowest BCUT2D eigenvalue weighted by molar-refractivity contribution is -0.136. The van der Waals surface area contributed by atoms with Crippen LogP contribution in [-0.2, 0) is 9.53 Å². The molecule has 3 N–H and O–H groups in total. The van der Waals surface area contributed by atoms with Crippen LogP contribution in [0.4, 0.5) is 10.1 Å². The van der Waals surface area contributed by atoms with Gasteiger partial charge in [-0.05, 0) is 19.1 Å². The number of carboxylic acids is 1. The lowest BCUT2D eigenvalue weighted by Gasteiger charge is -2.02. The number of anilines is 1. The van der Waals surface area contributed by atoms with Crippen LogP contribution in [0.25, 0.3) is 0 Å². The molecule has 0 aliphatic carbocycles. The zero-order valence-corrected chi connectivity index (χ0v) is 9.49. The van der Waals surface area contributed by atoms with E-state index in [1.807, 2.05) is 5.92 Å². The molecule has 0 bridgehead atoms. The number of aromatic carboxylic acids is 1. The van der Waals surface area contributed by atoms with Crippen molar-refractivity contribution < 1.29 is 23.8 Å². The van der Waals surface area contributed by atoms with E-state index < -0.39 is 17.8 Å². The summed E-state index contributed by atoms with van der Waals surface area (Å²) in [6, 6.07) is 1.82. The molecule has 6 heteroatoms. The van der Waals surface area contributed by atoms with Crippen molar-refractivity contribution in [3.8, 4) is 11.8 Å². The molecule has 0 unspecified atom stereocenters. The molecule has 0 spiro atoms. The van der Waals surface area contributed by atoms with Crippen molar-refractivity contribution in [3.63, 3.8) is 0 Å². The van der Waals surface area contributed by atoms with E-state index in [2.05, 4.69) is 10.7 Å². The third-order valence-electron chi connectivity index (χ3n) is 1.94. The number of nitrogens with two attached hydrogens (primary N) is 1. The van der Waals surface area contributed by atoms with Crippen LogP contribution in [0.15, 0.2) is 12.1 Å². The van der Waals surface area contributed by atoms with Crippen molar-refractivity contribution in [1.29, 1.82) is 0 Å². The Balaban J connectivity index is 3.13. The van der Waals surface area contributed by atoms with Gasteiger partial charge in [-0.25, -0.2) is 14.0 Å². The van der Waals surface area contributed by atoms with E-state index >= 15 is 0 Å². The molecule has 0 heterocycles. The van der Waals surface area contributed by atoms with Gasteiger partial charge < -0.3 is 15.6 Å². The number of rotatable bonds is 2. The second-order valence-corrected chi connectivity index (χ2v) is 3.19. The van der Waals surface area contributed by atoms with Crippen LogP contribution in [0.3, 0.4) is 0 Å². The predicted octanol–water partition coefficient (Wildman–Crippen LogP) is 1.02. The highest BCUT2D eigenvalue weighted by Crippen LogP contribution is 2.17. The molecule has 0 aliphatic heterocycles. The number of carbonyl (C=O) groups excluding carboxylic acids is 1. The molecule has 0 aromatic heterocycles. The fourth-order valence-electron chi connectivity index (χ4n) is 1.16. The smallest absolute Gasteiger partial charge is 0.384 e. The van der Waals surface area contributed by atoms with Gasteiger partial charge in [0.1, 0.15) is 5.82 Å². The van der Waals surface area contributed by atoms with Crippen molar-refractivity contribution in [2.75, 3.05) is 12.3 Å². The average Bonchev–Trinajstić information content (AvgIpc) is 2.27. The maximum absolute atomic E-state index is 13.4. The number of hydrogen-bond donors (Lipinski definition) is 2. The maximum atomic E-state index is 13.4. The first-order valence-electron chi connectivity index (χ1n) is 4.96. The quantitative estimate of drug-likeness (QED) is 0.465. The van der Waals surface area contributed by atoms with Gasteiger partial charge in [-0.15, -0.1) is 0 Å². The standard InChI is InChI=1S/C12H10FNO4/c1-2-18-11(15)4-3-7-5-8(12(16)17)10(14)6-9(7)13/h5-6H,2,14H2,1H3,(H,16,17). The largest absolute Gasteiger partial charge is 0.478 e. The summed E-state index contributed by atoms with van der Waals surface area (Å²) in [6.45, 7) is 1.75. The topological polar surface area (TPSA) is 89.6 Å². The van der Waals surface area contributed by atoms with Crippen molar-refractivity contribution in [3.05, 3.63) is 29.1 Å². The number of hydrogen-bond acceptors (Lipinski definition) is 4. The van der Waals surface area contributed by atoms with Gasteiger partial charge in [0, 0.05) is 11.6 Å². The first-order chi connectivity index (χ1) is 8.45. The third kappa shape index (κ3) is 3.22. The molecule has 0 saturated carbocycles. The first-order valence-corrected chi connectivity index (χ1v) is 4.96. The van der Waals surface area contributed by atoms with Gasteiger partial charge in [-0.2, -0.15) is 0 Å². The van der Waals surface area contributed by atoms with Gasteiger partial charge >= 0.3 is 11.9 Å². The number of nitrogen functional groups attached to an aromatic ring is 1. The van der Waals surface area contributed by atoms with Gasteiger partial charge in [-0.1, -0.05) is 5.92 Å². The van der Waals surface area contributed by atoms with E-state index in [-0.39, 0.29) is 23.4 Å². The Hall–Kier alpha value is -2.55. The number of halogens is 1. The maximum Gasteiger partial charge on any atom is 0.384 e. The number of carbonyl (C=O) groups is 2. The number of carboxylic acid groups (broad SMARTS) is 1. The molecular weight excluding hydrogens is 241 g/mol. The van der Waals surface area contributed by atoms with Crippen LogP contribution in [0.5, 0.6) is 0 Å². The number of benzene rings is 1. The van der Waals surface area contributed by atoms with Crippen LogP contribution < -0.4 is 5.73 Å². The van der Waals surface area contributed by atoms with E-state index in [4.69, 9.17) is 10.8 Å². The molecular formula is C12H10FNO4. The number of ether oxygens (including phenoxy) is 1. The Morgan fingerprint density at radius 3 is 2.72 bits per heavy atom. The van der Waals surface area contributed by atoms with Crippen molar-refractivity contribution in [2.45, 2.75) is 6.92 Å². The molecule has 0 atom stereocenters. The fraction of sp³-hybridized carbons (Fsp3) is 0.167. The lowest BCUT2D eigenvalue weighted by atomic mass is 10.1. The Morgan fingerprint density at radius 2 is 2.17 bits per heavy atom. The molecule has 5 nitrogen and oxygen atoms in total. The zero-order chi connectivity index (χ0) is 13.7. The molecule has 0 radical (unpaired) electrons. The highest BCUT2D eigenvalue weighted by molar-refractivity contribution is 5.94. The Labute approximate surface area is 102 Å². The molecule has 1 rings (SSSR count). The van der Waals surface area contributed by atoms with Crippen LogP contribution in [0, 0.1) is 17.7 Å². The second kappa shape index (κ2) is 5.68. The number of esters is 1. The Bertz CT molecular complexity index is 557. The van der Waals surface area contributed by atoms with Crippen LogP contribution >= 0.6 is 0 Å². The van der Waals surface area contributed by atoms with Gasteiger partial charge in [0.05, 0.1) is 17.7 Å². The molecule has 0 saturated heterocycles. The van der Waals surface area contributed by atoms with E-state index in [1.54, 1.807) is 6.92 Å². The summed E-state index contributed by atoms with van der Waals surface area (Å²) in [5, 5.41) is 8.80. The predicted molar refractivity (Wildman–Crippen MR) is 61.3 cm³/mol. The summed E-state index contributed by atoms with van der Waals surface area (Å²) < 4.78 is 17.9. The summed E-state index contributed by atoms with van der Waals surface area (Å²) in [6.07, 6.45) is 0. The minimum atomic E-state index is -1.30. The molecule has 1 aromatic rings. The normalized spacial score (nSPS) is 9.22. The van der Waals surface area contributed by atoms with Gasteiger partial charge in [0.2, 0.25) is 0 Å².